The van der Waals surface area contributed by atoms with Gasteiger partial charge in [-0.15, -0.1) is 0 Å². The molecule has 0 aromatic rings. The van der Waals surface area contributed by atoms with Gasteiger partial charge in [-0.1, -0.05) is 26.2 Å². The van der Waals surface area contributed by atoms with Crippen molar-refractivity contribution < 1.29 is 9.90 Å². The molecule has 2 atom stereocenters. The lowest BCUT2D eigenvalue weighted by molar-refractivity contribution is -0.145. The first-order chi connectivity index (χ1) is 8.57. The van der Waals surface area contributed by atoms with Crippen LogP contribution in [0.5, 0.6) is 0 Å². The molecule has 2 N–H and O–H groups in total. The van der Waals surface area contributed by atoms with Gasteiger partial charge in [-0.2, -0.15) is 0 Å². The van der Waals surface area contributed by atoms with Crippen molar-refractivity contribution in [3.8, 4) is 0 Å². The Balaban J connectivity index is 2.14. The molecule has 104 valence electrons. The van der Waals surface area contributed by atoms with Crippen LogP contribution in [0, 0.1) is 5.92 Å². The van der Waals surface area contributed by atoms with Crippen LogP contribution >= 0.6 is 0 Å². The second kappa shape index (κ2) is 5.57. The third-order valence-corrected chi connectivity index (χ3v) is 4.98. The molecule has 0 aromatic heterocycles. The minimum Gasteiger partial charge on any atom is -0.481 e. The van der Waals surface area contributed by atoms with E-state index in [4.69, 9.17) is 0 Å². The van der Waals surface area contributed by atoms with Crippen molar-refractivity contribution in [3.05, 3.63) is 0 Å². The topological polar surface area (TPSA) is 52.6 Å². The molecule has 1 aliphatic heterocycles. The number of nitrogens with zero attached hydrogens (tertiary/aromatic N) is 1. The summed E-state index contributed by atoms with van der Waals surface area (Å²) in [6.45, 7) is 6.92. The van der Waals surface area contributed by atoms with E-state index in [0.29, 0.717) is 0 Å². The maximum atomic E-state index is 11.2. The molecule has 4 heteroatoms. The molecule has 2 aliphatic rings. The highest BCUT2D eigenvalue weighted by Gasteiger charge is 2.43. The largest absolute Gasteiger partial charge is 0.481 e. The maximum Gasteiger partial charge on any atom is 0.307 e. The van der Waals surface area contributed by atoms with Crippen LogP contribution < -0.4 is 5.32 Å². The van der Waals surface area contributed by atoms with E-state index in [1.54, 1.807) is 0 Å². The molecule has 1 saturated heterocycles. The maximum absolute atomic E-state index is 11.2. The highest BCUT2D eigenvalue weighted by molar-refractivity contribution is 5.70. The lowest BCUT2D eigenvalue weighted by Gasteiger charge is -2.53. The highest BCUT2D eigenvalue weighted by atomic mass is 16.4. The monoisotopic (exact) mass is 254 g/mol. The summed E-state index contributed by atoms with van der Waals surface area (Å²) in [6, 6.07) is 0.127. The molecular weight excluding hydrogens is 228 g/mol. The van der Waals surface area contributed by atoms with Gasteiger partial charge in [0, 0.05) is 31.2 Å². The Morgan fingerprint density at radius 1 is 1.28 bits per heavy atom. The number of carboxylic acids is 1. The van der Waals surface area contributed by atoms with Gasteiger partial charge in [0.2, 0.25) is 0 Å². The van der Waals surface area contributed by atoms with Gasteiger partial charge < -0.3 is 10.4 Å². The predicted octanol–water partition coefficient (Wildman–Crippen LogP) is 1.70. The molecule has 0 aromatic carbocycles. The minimum absolute atomic E-state index is 0.127. The molecule has 1 saturated carbocycles. The van der Waals surface area contributed by atoms with Crippen molar-refractivity contribution in [3.63, 3.8) is 0 Å². The van der Waals surface area contributed by atoms with Crippen LogP contribution in [0.2, 0.25) is 0 Å². The van der Waals surface area contributed by atoms with E-state index in [9.17, 15) is 9.90 Å². The average Bonchev–Trinajstić information content (AvgIpc) is 2.38. The van der Waals surface area contributed by atoms with Crippen molar-refractivity contribution in [2.45, 2.75) is 57.5 Å². The molecule has 4 nitrogen and oxygen atoms in total. The molecule has 1 aliphatic carbocycles. The molecule has 2 unspecified atom stereocenters. The predicted molar refractivity (Wildman–Crippen MR) is 71.7 cm³/mol. The summed E-state index contributed by atoms with van der Waals surface area (Å²) < 4.78 is 0. The zero-order valence-electron chi connectivity index (χ0n) is 11.6. The summed E-state index contributed by atoms with van der Waals surface area (Å²) in [5.74, 6) is -0.964. The molecule has 1 heterocycles. The van der Waals surface area contributed by atoms with Crippen LogP contribution in [-0.4, -0.2) is 47.2 Å². The van der Waals surface area contributed by atoms with Crippen LogP contribution in [0.3, 0.4) is 0 Å². The van der Waals surface area contributed by atoms with E-state index < -0.39 is 5.97 Å². The number of carboxylic acid groups (broad SMARTS) is 1. The Kier molecular flexibility index (Phi) is 4.28. The Morgan fingerprint density at radius 3 is 2.56 bits per heavy atom. The summed E-state index contributed by atoms with van der Waals surface area (Å²) in [5.41, 5.74) is 0.222. The Labute approximate surface area is 110 Å². The fourth-order valence-corrected chi connectivity index (χ4v) is 3.65. The molecule has 18 heavy (non-hydrogen) atoms. The van der Waals surface area contributed by atoms with E-state index >= 15 is 0 Å². The van der Waals surface area contributed by atoms with Crippen molar-refractivity contribution in [2.75, 3.05) is 19.6 Å². The zero-order chi connectivity index (χ0) is 13.2. The number of rotatable bonds is 3. The van der Waals surface area contributed by atoms with Crippen molar-refractivity contribution in [1.29, 1.82) is 0 Å². The van der Waals surface area contributed by atoms with Gasteiger partial charge in [0.25, 0.3) is 0 Å². The van der Waals surface area contributed by atoms with E-state index in [1.807, 2.05) is 6.92 Å². The van der Waals surface area contributed by atoms with E-state index in [2.05, 4.69) is 17.1 Å². The average molecular weight is 254 g/mol. The fourth-order valence-electron chi connectivity index (χ4n) is 3.65. The van der Waals surface area contributed by atoms with Gasteiger partial charge in [0.05, 0.1) is 5.92 Å². The summed E-state index contributed by atoms with van der Waals surface area (Å²) in [7, 11) is 0. The van der Waals surface area contributed by atoms with Gasteiger partial charge in [-0.3, -0.25) is 9.69 Å². The second-order valence-electron chi connectivity index (χ2n) is 6.02. The zero-order valence-corrected chi connectivity index (χ0v) is 11.6. The molecule has 0 radical (unpaired) electrons. The van der Waals surface area contributed by atoms with Gasteiger partial charge >= 0.3 is 5.97 Å². The summed E-state index contributed by atoms with van der Waals surface area (Å²) in [4.78, 5) is 13.7. The molecule has 2 fully saturated rings. The Morgan fingerprint density at radius 2 is 1.94 bits per heavy atom. The third kappa shape index (κ3) is 2.54. The van der Waals surface area contributed by atoms with Gasteiger partial charge in [0.1, 0.15) is 0 Å². The van der Waals surface area contributed by atoms with Crippen LogP contribution in [0.15, 0.2) is 0 Å². The van der Waals surface area contributed by atoms with Crippen LogP contribution in [0.1, 0.15) is 46.0 Å². The first-order valence-corrected chi connectivity index (χ1v) is 7.27. The van der Waals surface area contributed by atoms with E-state index in [0.717, 1.165) is 19.6 Å². The van der Waals surface area contributed by atoms with Crippen molar-refractivity contribution in [1.82, 2.24) is 10.2 Å². The van der Waals surface area contributed by atoms with Crippen LogP contribution in [-0.2, 0) is 4.79 Å². The number of hydrogen-bond acceptors (Lipinski definition) is 3. The quantitative estimate of drug-likeness (QED) is 0.805. The number of hydrogen-bond donors (Lipinski definition) is 2. The fraction of sp³-hybridized carbons (Fsp3) is 0.929. The summed E-state index contributed by atoms with van der Waals surface area (Å²) in [6.07, 6.45) is 6.34. The standard InChI is InChI=1S/C14H26N2O2/c1-11(13(17)18)12(2)16-9-8-15-10-14(16)6-4-3-5-7-14/h11-12,15H,3-10H2,1-2H3,(H,17,18). The second-order valence-corrected chi connectivity index (χ2v) is 6.02. The number of piperazine rings is 1. The molecular formula is C14H26N2O2. The van der Waals surface area contributed by atoms with Crippen molar-refractivity contribution >= 4 is 5.97 Å². The Bertz CT molecular complexity index is 292. The highest BCUT2D eigenvalue weighted by Crippen LogP contribution is 2.37. The van der Waals surface area contributed by atoms with E-state index in [-0.39, 0.29) is 17.5 Å². The van der Waals surface area contributed by atoms with Crippen molar-refractivity contribution in [2.24, 2.45) is 5.92 Å². The van der Waals surface area contributed by atoms with Gasteiger partial charge in [-0.25, -0.2) is 0 Å². The number of nitrogens with one attached hydrogen (secondary N) is 1. The van der Waals surface area contributed by atoms with Crippen LogP contribution in [0.25, 0.3) is 0 Å². The van der Waals surface area contributed by atoms with Gasteiger partial charge in [0.15, 0.2) is 0 Å². The first kappa shape index (κ1) is 13.8. The smallest absolute Gasteiger partial charge is 0.307 e. The SMILES string of the molecule is CC(C(=O)O)C(C)N1CCNCC12CCCCC2. The first-order valence-electron chi connectivity index (χ1n) is 7.27. The normalized spacial score (nSPS) is 27.9. The van der Waals surface area contributed by atoms with E-state index in [1.165, 1.54) is 32.1 Å². The van der Waals surface area contributed by atoms with Crippen LogP contribution in [0.4, 0.5) is 0 Å². The molecule has 1 spiro atoms. The molecule has 0 bridgehead atoms. The number of aliphatic carboxylic acids is 1. The lowest BCUT2D eigenvalue weighted by Crippen LogP contribution is -2.65. The molecule has 0 amide bonds. The minimum atomic E-state index is -0.674. The number of carbonyl (C=O) groups is 1. The Hall–Kier alpha value is -0.610. The lowest BCUT2D eigenvalue weighted by atomic mass is 9.77. The van der Waals surface area contributed by atoms with Gasteiger partial charge in [-0.05, 0) is 19.8 Å². The molecule has 2 rings (SSSR count). The summed E-state index contributed by atoms with van der Waals surface area (Å²) in [5, 5.41) is 12.7. The third-order valence-electron chi connectivity index (χ3n) is 4.98. The summed E-state index contributed by atoms with van der Waals surface area (Å²) >= 11 is 0.